The first-order valence-electron chi connectivity index (χ1n) is 10.7. The minimum atomic E-state index is -0.771. The Morgan fingerprint density at radius 2 is 1.63 bits per heavy atom. The van der Waals surface area contributed by atoms with Crippen LogP contribution in [0.4, 0.5) is 0 Å². The van der Waals surface area contributed by atoms with Gasteiger partial charge in [-0.1, -0.05) is 82.9 Å². The lowest BCUT2D eigenvalue weighted by molar-refractivity contribution is -0.139. The third kappa shape index (κ3) is 7.76. The van der Waals surface area contributed by atoms with Crippen LogP contribution < -0.4 is 5.32 Å². The van der Waals surface area contributed by atoms with Crippen LogP contribution in [0.25, 0.3) is 10.9 Å². The molecule has 2 aromatic rings. The molecule has 4 nitrogen and oxygen atoms in total. The normalized spacial score (nSPS) is 12.5. The first-order chi connectivity index (χ1) is 13.2. The Labute approximate surface area is 163 Å². The highest BCUT2D eigenvalue weighted by Gasteiger charge is 2.18. The summed E-state index contributed by atoms with van der Waals surface area (Å²) in [5, 5.41) is 13.9. The highest BCUT2D eigenvalue weighted by molar-refractivity contribution is 5.84. The molecule has 0 saturated carbocycles. The molecule has 0 aliphatic heterocycles. The van der Waals surface area contributed by atoms with E-state index in [2.05, 4.69) is 17.2 Å². The van der Waals surface area contributed by atoms with Crippen LogP contribution >= 0.6 is 0 Å². The minimum Gasteiger partial charge on any atom is -0.480 e. The number of para-hydroxylation sites is 1. The number of aliphatic carboxylic acids is 1. The van der Waals surface area contributed by atoms with Crippen molar-refractivity contribution in [3.05, 3.63) is 36.0 Å². The molecule has 1 atom stereocenters. The molecule has 0 bridgehead atoms. The highest BCUT2D eigenvalue weighted by Crippen LogP contribution is 2.19. The van der Waals surface area contributed by atoms with Crippen molar-refractivity contribution in [2.45, 2.75) is 83.6 Å². The number of rotatable bonds is 15. The molecule has 3 N–H and O–H groups in total. The fraction of sp³-hybridized carbons (Fsp3) is 0.609. The number of H-pyrrole nitrogens is 1. The predicted octanol–water partition coefficient (Wildman–Crippen LogP) is 5.67. The maximum atomic E-state index is 11.6. The average molecular weight is 373 g/mol. The van der Waals surface area contributed by atoms with E-state index in [9.17, 15) is 9.90 Å². The Morgan fingerprint density at radius 1 is 1.00 bits per heavy atom. The molecule has 0 saturated heterocycles. The van der Waals surface area contributed by atoms with E-state index in [1.165, 1.54) is 57.8 Å². The van der Waals surface area contributed by atoms with Gasteiger partial charge in [-0.15, -0.1) is 0 Å². The lowest BCUT2D eigenvalue weighted by Crippen LogP contribution is -2.39. The van der Waals surface area contributed by atoms with Gasteiger partial charge in [0.1, 0.15) is 6.04 Å². The van der Waals surface area contributed by atoms with Gasteiger partial charge >= 0.3 is 5.97 Å². The highest BCUT2D eigenvalue weighted by atomic mass is 16.4. The standard InChI is InChI=1S/C23H36N2O2/c1-2-3-4-5-6-7-8-9-10-13-16-24-22(23(26)27)17-19-18-25-21-15-12-11-14-20(19)21/h11-12,14-15,18,22,24-25H,2-10,13,16-17H2,1H3,(H,26,27). The second-order valence-electron chi connectivity index (χ2n) is 7.59. The smallest absolute Gasteiger partial charge is 0.321 e. The summed E-state index contributed by atoms with van der Waals surface area (Å²) in [7, 11) is 0. The average Bonchev–Trinajstić information content (AvgIpc) is 3.08. The van der Waals surface area contributed by atoms with Crippen LogP contribution in [0.2, 0.25) is 0 Å². The van der Waals surface area contributed by atoms with Gasteiger partial charge in [0, 0.05) is 23.5 Å². The molecule has 0 fully saturated rings. The monoisotopic (exact) mass is 372 g/mol. The number of aromatic nitrogens is 1. The Balaban J connectivity index is 1.61. The van der Waals surface area contributed by atoms with Crippen molar-refractivity contribution in [2.75, 3.05) is 6.54 Å². The molecule has 0 amide bonds. The molecule has 1 heterocycles. The molecule has 0 spiro atoms. The summed E-state index contributed by atoms with van der Waals surface area (Å²) in [5.74, 6) is -0.771. The van der Waals surface area contributed by atoms with Crippen LogP contribution in [0.5, 0.6) is 0 Å². The Hall–Kier alpha value is -1.81. The number of carboxylic acids is 1. The fourth-order valence-electron chi connectivity index (χ4n) is 3.66. The lowest BCUT2D eigenvalue weighted by Gasteiger charge is -2.14. The third-order valence-corrected chi connectivity index (χ3v) is 5.32. The van der Waals surface area contributed by atoms with E-state index in [4.69, 9.17) is 0 Å². The van der Waals surface area contributed by atoms with Gasteiger partial charge in [-0.05, 0) is 24.6 Å². The van der Waals surface area contributed by atoms with Crippen molar-refractivity contribution in [1.29, 1.82) is 0 Å². The Kier molecular flexibility index (Phi) is 9.99. The molecule has 4 heteroatoms. The van der Waals surface area contributed by atoms with Gasteiger partial charge in [0.25, 0.3) is 0 Å². The summed E-state index contributed by atoms with van der Waals surface area (Å²) in [5.41, 5.74) is 2.12. The molecular formula is C23H36N2O2. The number of nitrogens with one attached hydrogen (secondary N) is 2. The van der Waals surface area contributed by atoms with Gasteiger partial charge < -0.3 is 15.4 Å². The number of hydrogen-bond acceptors (Lipinski definition) is 2. The van der Waals surface area contributed by atoms with Crippen molar-refractivity contribution in [2.24, 2.45) is 0 Å². The largest absolute Gasteiger partial charge is 0.480 e. The van der Waals surface area contributed by atoms with Crippen LogP contribution in [-0.2, 0) is 11.2 Å². The second-order valence-corrected chi connectivity index (χ2v) is 7.59. The zero-order valence-corrected chi connectivity index (χ0v) is 16.8. The molecule has 0 aliphatic carbocycles. The molecule has 1 unspecified atom stereocenters. The first kappa shape index (κ1) is 21.5. The second kappa shape index (κ2) is 12.6. The maximum absolute atomic E-state index is 11.6. The van der Waals surface area contributed by atoms with E-state index in [1.807, 2.05) is 30.5 Å². The van der Waals surface area contributed by atoms with Crippen LogP contribution in [-0.4, -0.2) is 28.6 Å². The zero-order valence-electron chi connectivity index (χ0n) is 16.8. The van der Waals surface area contributed by atoms with Gasteiger partial charge in [0.15, 0.2) is 0 Å². The number of hydrogen-bond donors (Lipinski definition) is 3. The van der Waals surface area contributed by atoms with Crippen molar-refractivity contribution < 1.29 is 9.90 Å². The van der Waals surface area contributed by atoms with Crippen molar-refractivity contribution >= 4 is 16.9 Å². The van der Waals surface area contributed by atoms with Crippen LogP contribution in [0.1, 0.15) is 76.7 Å². The number of carbonyl (C=O) groups is 1. The number of fused-ring (bicyclic) bond motifs is 1. The van der Waals surface area contributed by atoms with E-state index >= 15 is 0 Å². The third-order valence-electron chi connectivity index (χ3n) is 5.32. The predicted molar refractivity (Wildman–Crippen MR) is 113 cm³/mol. The van der Waals surface area contributed by atoms with Crippen LogP contribution in [0.15, 0.2) is 30.5 Å². The van der Waals surface area contributed by atoms with Gasteiger partial charge in [0.05, 0.1) is 0 Å². The number of carboxylic acid groups (broad SMARTS) is 1. The van der Waals surface area contributed by atoms with Gasteiger partial charge in [0.2, 0.25) is 0 Å². The molecule has 2 rings (SSSR count). The lowest BCUT2D eigenvalue weighted by atomic mass is 10.0. The van der Waals surface area contributed by atoms with Gasteiger partial charge in [-0.25, -0.2) is 0 Å². The SMILES string of the molecule is CCCCCCCCCCCCNC(Cc1c[nH]c2ccccc12)C(=O)O. The summed E-state index contributed by atoms with van der Waals surface area (Å²) in [4.78, 5) is 14.8. The summed E-state index contributed by atoms with van der Waals surface area (Å²) >= 11 is 0. The summed E-state index contributed by atoms with van der Waals surface area (Å²) in [6.07, 6.45) is 15.4. The summed E-state index contributed by atoms with van der Waals surface area (Å²) < 4.78 is 0. The molecular weight excluding hydrogens is 336 g/mol. The van der Waals surface area contributed by atoms with Gasteiger partial charge in [-0.2, -0.15) is 0 Å². The van der Waals surface area contributed by atoms with E-state index in [0.717, 1.165) is 29.4 Å². The topological polar surface area (TPSA) is 65.1 Å². The molecule has 1 aromatic carbocycles. The quantitative estimate of drug-likeness (QED) is 0.353. The molecule has 0 aliphatic rings. The van der Waals surface area contributed by atoms with Crippen LogP contribution in [0, 0.1) is 0 Å². The first-order valence-corrected chi connectivity index (χ1v) is 10.7. The van der Waals surface area contributed by atoms with Crippen molar-refractivity contribution in [3.63, 3.8) is 0 Å². The fourth-order valence-corrected chi connectivity index (χ4v) is 3.66. The Morgan fingerprint density at radius 3 is 2.30 bits per heavy atom. The van der Waals surface area contributed by atoms with Crippen LogP contribution in [0.3, 0.4) is 0 Å². The van der Waals surface area contributed by atoms with Crippen molar-refractivity contribution in [3.8, 4) is 0 Å². The molecule has 1 aromatic heterocycles. The molecule has 27 heavy (non-hydrogen) atoms. The van der Waals surface area contributed by atoms with Crippen molar-refractivity contribution in [1.82, 2.24) is 10.3 Å². The van der Waals surface area contributed by atoms with Gasteiger partial charge in [-0.3, -0.25) is 4.79 Å². The summed E-state index contributed by atoms with van der Waals surface area (Å²) in [6, 6.07) is 7.52. The van der Waals surface area contributed by atoms with E-state index < -0.39 is 12.0 Å². The summed E-state index contributed by atoms with van der Waals surface area (Å²) in [6.45, 7) is 3.03. The minimum absolute atomic E-state index is 0.511. The Bertz CT molecular complexity index is 665. The number of aromatic amines is 1. The van der Waals surface area contributed by atoms with E-state index in [-0.39, 0.29) is 0 Å². The van der Waals surface area contributed by atoms with E-state index in [1.54, 1.807) is 0 Å². The maximum Gasteiger partial charge on any atom is 0.321 e. The molecule has 150 valence electrons. The zero-order chi connectivity index (χ0) is 19.3. The van der Waals surface area contributed by atoms with E-state index in [0.29, 0.717) is 6.42 Å². The molecule has 0 radical (unpaired) electrons. The number of unbranched alkanes of at least 4 members (excludes halogenated alkanes) is 9. The number of benzene rings is 1.